The van der Waals surface area contributed by atoms with E-state index in [-0.39, 0.29) is 17.7 Å². The molecule has 1 aromatic heterocycles. The Bertz CT molecular complexity index is 1040. The summed E-state index contributed by atoms with van der Waals surface area (Å²) in [5.74, 6) is 0.0216. The first-order valence-corrected chi connectivity index (χ1v) is 13.0. The zero-order valence-corrected chi connectivity index (χ0v) is 21.1. The zero-order valence-electron chi connectivity index (χ0n) is 20.3. The number of pyridine rings is 1. The number of benzene rings is 1. The number of amides is 1. The van der Waals surface area contributed by atoms with Gasteiger partial charge in [-0.2, -0.15) is 0 Å². The van der Waals surface area contributed by atoms with E-state index in [0.717, 1.165) is 60.7 Å². The van der Waals surface area contributed by atoms with E-state index < -0.39 is 11.7 Å². The summed E-state index contributed by atoms with van der Waals surface area (Å²) in [6, 6.07) is 7.07. The monoisotopic (exact) mass is 487 g/mol. The van der Waals surface area contributed by atoms with E-state index in [4.69, 9.17) is 27.1 Å². The second-order valence-corrected chi connectivity index (χ2v) is 9.85. The van der Waals surface area contributed by atoms with Crippen molar-refractivity contribution in [3.8, 4) is 5.75 Å². The van der Waals surface area contributed by atoms with Crippen molar-refractivity contribution < 1.29 is 13.9 Å². The Morgan fingerprint density at radius 2 is 1.88 bits per heavy atom. The highest BCUT2D eigenvalue weighted by atomic mass is 35.5. The topological polar surface area (TPSA) is 68.5 Å². The van der Waals surface area contributed by atoms with E-state index in [1.54, 1.807) is 6.07 Å². The predicted octanol–water partition coefficient (Wildman–Crippen LogP) is 6.36. The molecule has 2 unspecified atom stereocenters. The maximum atomic E-state index is 14.5. The van der Waals surface area contributed by atoms with Crippen LogP contribution in [0.25, 0.3) is 0 Å². The fraction of sp³-hybridized carbons (Fsp3) is 0.556. The number of ether oxygens (including phenoxy) is 1. The zero-order chi connectivity index (χ0) is 24.4. The quantitative estimate of drug-likeness (QED) is 0.493. The van der Waals surface area contributed by atoms with Crippen LogP contribution in [0.3, 0.4) is 0 Å². The summed E-state index contributed by atoms with van der Waals surface area (Å²) >= 11 is 6.37. The van der Waals surface area contributed by atoms with Gasteiger partial charge in [-0.15, -0.1) is 0 Å². The van der Waals surface area contributed by atoms with Crippen LogP contribution in [0.5, 0.6) is 5.75 Å². The van der Waals surface area contributed by atoms with Gasteiger partial charge in [-0.25, -0.2) is 4.39 Å². The van der Waals surface area contributed by atoms with Crippen LogP contribution in [-0.4, -0.2) is 35.0 Å². The Kier molecular flexibility index (Phi) is 7.78. The van der Waals surface area contributed by atoms with Crippen LogP contribution in [0.1, 0.15) is 104 Å². The SMILES string of the molecule is CC.CC(c1ccc(Cl)c(C2CC2)n1)N1CCCC(Oc2cc(F)c(C(N)=O)cc2C2CC2)C1. The van der Waals surface area contributed by atoms with Gasteiger partial charge in [0.25, 0.3) is 5.91 Å². The second-order valence-electron chi connectivity index (χ2n) is 9.44. The molecule has 184 valence electrons. The van der Waals surface area contributed by atoms with Gasteiger partial charge in [0.15, 0.2) is 0 Å². The fourth-order valence-corrected chi connectivity index (χ4v) is 4.97. The van der Waals surface area contributed by atoms with E-state index in [1.807, 2.05) is 26.0 Å². The van der Waals surface area contributed by atoms with Crippen LogP contribution in [0, 0.1) is 5.82 Å². The molecule has 1 saturated heterocycles. The first kappa shape index (κ1) is 24.9. The lowest BCUT2D eigenvalue weighted by Gasteiger charge is -2.37. The molecule has 2 heterocycles. The number of carbonyl (C=O) groups is 1. The third-order valence-electron chi connectivity index (χ3n) is 6.92. The molecule has 5 rings (SSSR count). The van der Waals surface area contributed by atoms with Crippen molar-refractivity contribution in [2.75, 3.05) is 13.1 Å². The van der Waals surface area contributed by atoms with Gasteiger partial charge in [0.1, 0.15) is 17.7 Å². The number of nitrogens with two attached hydrogens (primary N) is 1. The van der Waals surface area contributed by atoms with Crippen LogP contribution >= 0.6 is 11.6 Å². The summed E-state index contributed by atoms with van der Waals surface area (Å²) < 4.78 is 20.8. The Morgan fingerprint density at radius 3 is 2.53 bits per heavy atom. The predicted molar refractivity (Wildman–Crippen MR) is 133 cm³/mol. The van der Waals surface area contributed by atoms with Gasteiger partial charge < -0.3 is 10.5 Å². The molecule has 34 heavy (non-hydrogen) atoms. The van der Waals surface area contributed by atoms with Crippen LogP contribution in [0.15, 0.2) is 24.3 Å². The van der Waals surface area contributed by atoms with Crippen molar-refractivity contribution in [3.63, 3.8) is 0 Å². The molecule has 0 spiro atoms. The van der Waals surface area contributed by atoms with Crippen molar-refractivity contribution in [1.82, 2.24) is 9.88 Å². The van der Waals surface area contributed by atoms with Gasteiger partial charge in [0.05, 0.1) is 22.0 Å². The maximum absolute atomic E-state index is 14.5. The first-order valence-electron chi connectivity index (χ1n) is 12.6. The van der Waals surface area contributed by atoms with Gasteiger partial charge in [0.2, 0.25) is 0 Å². The summed E-state index contributed by atoms with van der Waals surface area (Å²) in [6.07, 6.45) is 6.25. The molecule has 1 amide bonds. The number of rotatable bonds is 7. The molecule has 5 nitrogen and oxygen atoms in total. The Hall–Kier alpha value is -2.18. The molecule has 2 N–H and O–H groups in total. The average molecular weight is 488 g/mol. The van der Waals surface area contributed by atoms with E-state index in [9.17, 15) is 9.18 Å². The number of primary amides is 1. The summed E-state index contributed by atoms with van der Waals surface area (Å²) in [7, 11) is 0. The molecule has 2 aromatic rings. The maximum Gasteiger partial charge on any atom is 0.251 e. The summed E-state index contributed by atoms with van der Waals surface area (Å²) in [5, 5.41) is 0.761. The summed E-state index contributed by atoms with van der Waals surface area (Å²) in [6.45, 7) is 7.88. The molecule has 7 heteroatoms. The number of carbonyl (C=O) groups excluding carboxylic acids is 1. The molecular weight excluding hydrogens is 453 g/mol. The molecule has 0 bridgehead atoms. The third-order valence-corrected chi connectivity index (χ3v) is 7.24. The molecule has 2 saturated carbocycles. The Labute approximate surface area is 206 Å². The Morgan fingerprint density at radius 1 is 1.18 bits per heavy atom. The van der Waals surface area contributed by atoms with Crippen LogP contribution in [0.2, 0.25) is 5.02 Å². The molecule has 2 aliphatic carbocycles. The van der Waals surface area contributed by atoms with Gasteiger partial charge in [-0.1, -0.05) is 25.4 Å². The lowest BCUT2D eigenvalue weighted by Crippen LogP contribution is -2.42. The molecule has 3 fully saturated rings. The van der Waals surface area contributed by atoms with Crippen molar-refractivity contribution >= 4 is 17.5 Å². The normalized spacial score (nSPS) is 21.4. The van der Waals surface area contributed by atoms with Crippen molar-refractivity contribution in [2.45, 2.75) is 83.3 Å². The lowest BCUT2D eigenvalue weighted by molar-refractivity contribution is 0.0639. The number of hydrogen-bond acceptors (Lipinski definition) is 4. The lowest BCUT2D eigenvalue weighted by atomic mass is 10.0. The van der Waals surface area contributed by atoms with E-state index >= 15 is 0 Å². The number of likely N-dealkylation sites (tertiary alicyclic amines) is 1. The van der Waals surface area contributed by atoms with E-state index in [1.165, 1.54) is 18.9 Å². The highest BCUT2D eigenvalue weighted by molar-refractivity contribution is 6.31. The standard InChI is InChI=1S/C25H29ClFN3O2.C2H6/c1-14(22-9-8-20(26)24(29-22)16-6-7-16)30-10-2-3-17(13-30)32-23-12-21(27)19(25(28)31)11-18(23)15-4-5-15;1-2/h8-9,11-12,14-17H,2-7,10,13H2,1H3,(H2,28,31);1-2H3. The van der Waals surface area contributed by atoms with Crippen molar-refractivity contribution in [1.29, 1.82) is 0 Å². The van der Waals surface area contributed by atoms with Crippen molar-refractivity contribution in [3.05, 3.63) is 57.6 Å². The minimum absolute atomic E-state index is 0.0438. The minimum Gasteiger partial charge on any atom is -0.489 e. The van der Waals surface area contributed by atoms with Gasteiger partial charge in [-0.3, -0.25) is 14.7 Å². The van der Waals surface area contributed by atoms with Crippen LogP contribution in [0.4, 0.5) is 4.39 Å². The average Bonchev–Trinajstić information content (AvgIpc) is 3.74. The third kappa shape index (κ3) is 5.55. The summed E-state index contributed by atoms with van der Waals surface area (Å²) in [5.41, 5.74) is 8.25. The highest BCUT2D eigenvalue weighted by Gasteiger charge is 2.33. The van der Waals surface area contributed by atoms with Crippen LogP contribution < -0.4 is 10.5 Å². The van der Waals surface area contributed by atoms with E-state index in [0.29, 0.717) is 17.6 Å². The minimum atomic E-state index is -0.741. The fourth-order valence-electron chi connectivity index (χ4n) is 4.71. The number of aromatic nitrogens is 1. The number of nitrogens with zero attached hydrogens (tertiary/aromatic N) is 2. The molecule has 1 aliphatic heterocycles. The molecule has 3 aliphatic rings. The molecular formula is C27H35ClFN3O2. The molecule has 1 aromatic carbocycles. The van der Waals surface area contributed by atoms with Gasteiger partial charge in [-0.05, 0) is 81.7 Å². The second kappa shape index (κ2) is 10.6. The van der Waals surface area contributed by atoms with Gasteiger partial charge in [0, 0.05) is 24.6 Å². The number of hydrogen-bond donors (Lipinski definition) is 1. The largest absolute Gasteiger partial charge is 0.489 e. The number of halogens is 2. The van der Waals surface area contributed by atoms with Crippen molar-refractivity contribution in [2.24, 2.45) is 5.73 Å². The smallest absolute Gasteiger partial charge is 0.251 e. The van der Waals surface area contributed by atoms with Crippen LogP contribution in [-0.2, 0) is 0 Å². The highest BCUT2D eigenvalue weighted by Crippen LogP contribution is 2.46. The summed E-state index contributed by atoms with van der Waals surface area (Å²) in [4.78, 5) is 18.9. The number of piperidine rings is 1. The first-order chi connectivity index (χ1) is 16.4. The van der Waals surface area contributed by atoms with Gasteiger partial charge >= 0.3 is 0 Å². The molecule has 2 atom stereocenters. The Balaban J connectivity index is 0.00000133. The molecule has 0 radical (unpaired) electrons. The van der Waals surface area contributed by atoms with E-state index in [2.05, 4.69) is 11.8 Å².